The van der Waals surface area contributed by atoms with E-state index in [1.165, 1.54) is 0 Å². The molecule has 0 bridgehead atoms. The summed E-state index contributed by atoms with van der Waals surface area (Å²) in [5.41, 5.74) is 9.04. The molecule has 2 rings (SSSR count). The van der Waals surface area contributed by atoms with Gasteiger partial charge in [-0.25, -0.2) is 0 Å². The van der Waals surface area contributed by atoms with Crippen LogP contribution in [-0.4, -0.2) is 17.0 Å². The maximum atomic E-state index is 11.5. The van der Waals surface area contributed by atoms with Crippen molar-refractivity contribution in [2.45, 2.75) is 12.8 Å². The number of nitrogen functional groups attached to an aromatic ring is 1. The Morgan fingerprint density at radius 1 is 0.905 bits per heavy atom. The minimum absolute atomic E-state index is 0.0327. The number of carboxylic acid groups (broad SMARTS) is 1. The number of hydrogen-bond acceptors (Lipinski definition) is 3. The predicted molar refractivity (Wildman–Crippen MR) is 81.8 cm³/mol. The van der Waals surface area contributed by atoms with E-state index in [9.17, 15) is 9.59 Å². The monoisotopic (exact) mass is 284 g/mol. The minimum atomic E-state index is -0.983. The highest BCUT2D eigenvalue weighted by Gasteiger charge is 2.06. The van der Waals surface area contributed by atoms with Crippen molar-refractivity contribution in [2.24, 2.45) is 0 Å². The highest BCUT2D eigenvalue weighted by Crippen LogP contribution is 2.22. The summed E-state index contributed by atoms with van der Waals surface area (Å²) in [5.74, 6) is -1.29. The van der Waals surface area contributed by atoms with Crippen LogP contribution in [0.25, 0.3) is 11.1 Å². The van der Waals surface area contributed by atoms with Gasteiger partial charge < -0.3 is 16.2 Å². The maximum Gasteiger partial charge on any atom is 0.303 e. The molecule has 4 N–H and O–H groups in total. The third kappa shape index (κ3) is 4.35. The molecule has 5 nitrogen and oxygen atoms in total. The maximum absolute atomic E-state index is 11.5. The first kappa shape index (κ1) is 14.6. The number of hydrogen-bond donors (Lipinski definition) is 3. The minimum Gasteiger partial charge on any atom is -0.481 e. The third-order valence-corrected chi connectivity index (χ3v) is 2.98. The lowest BCUT2D eigenvalue weighted by atomic mass is 10.1. The molecule has 21 heavy (non-hydrogen) atoms. The zero-order chi connectivity index (χ0) is 15.2. The van der Waals surface area contributed by atoms with Gasteiger partial charge in [0.25, 0.3) is 0 Å². The van der Waals surface area contributed by atoms with Crippen LogP contribution in [0.2, 0.25) is 0 Å². The van der Waals surface area contributed by atoms with Crippen LogP contribution >= 0.6 is 0 Å². The zero-order valence-electron chi connectivity index (χ0n) is 11.4. The van der Waals surface area contributed by atoms with E-state index >= 15 is 0 Å². The topological polar surface area (TPSA) is 92.4 Å². The average Bonchev–Trinajstić information content (AvgIpc) is 2.47. The Labute approximate surface area is 122 Å². The highest BCUT2D eigenvalue weighted by molar-refractivity contribution is 5.92. The predicted octanol–water partition coefficient (Wildman–Crippen LogP) is 2.74. The summed E-state index contributed by atoms with van der Waals surface area (Å²) in [6.45, 7) is 0. The Morgan fingerprint density at radius 3 is 1.95 bits per heavy atom. The standard InChI is InChI=1S/C16H16N2O3/c17-13-5-1-11(2-6-13)12-3-7-14(8-4-12)18-15(19)9-10-16(20)21/h1-8H,9-10,17H2,(H,18,19)(H,20,21). The van der Waals surface area contributed by atoms with Crippen molar-refractivity contribution in [1.82, 2.24) is 0 Å². The fourth-order valence-electron chi connectivity index (χ4n) is 1.87. The van der Waals surface area contributed by atoms with E-state index in [4.69, 9.17) is 10.8 Å². The van der Waals surface area contributed by atoms with E-state index < -0.39 is 5.97 Å². The molecule has 0 saturated carbocycles. The van der Waals surface area contributed by atoms with Gasteiger partial charge in [0.1, 0.15) is 0 Å². The quantitative estimate of drug-likeness (QED) is 0.736. The van der Waals surface area contributed by atoms with Gasteiger partial charge in [-0.3, -0.25) is 9.59 Å². The molecule has 0 saturated heterocycles. The van der Waals surface area contributed by atoms with Gasteiger partial charge in [0, 0.05) is 17.8 Å². The smallest absolute Gasteiger partial charge is 0.303 e. The van der Waals surface area contributed by atoms with Crippen LogP contribution in [0.3, 0.4) is 0 Å². The van der Waals surface area contributed by atoms with E-state index in [2.05, 4.69) is 5.32 Å². The lowest BCUT2D eigenvalue weighted by Gasteiger charge is -2.06. The zero-order valence-corrected chi connectivity index (χ0v) is 11.4. The number of carbonyl (C=O) groups excluding carboxylic acids is 1. The van der Waals surface area contributed by atoms with Gasteiger partial charge in [-0.05, 0) is 35.4 Å². The van der Waals surface area contributed by atoms with E-state index in [1.807, 2.05) is 36.4 Å². The normalized spacial score (nSPS) is 10.1. The number of rotatable bonds is 5. The number of carboxylic acids is 1. The Bertz CT molecular complexity index is 634. The van der Waals surface area contributed by atoms with Crippen LogP contribution < -0.4 is 11.1 Å². The molecule has 1 amide bonds. The van der Waals surface area contributed by atoms with Gasteiger partial charge >= 0.3 is 5.97 Å². The molecule has 0 fully saturated rings. The lowest BCUT2D eigenvalue weighted by Crippen LogP contribution is -2.13. The first-order valence-electron chi connectivity index (χ1n) is 6.52. The molecule has 0 heterocycles. The fraction of sp³-hybridized carbons (Fsp3) is 0.125. The second kappa shape index (κ2) is 6.56. The summed E-state index contributed by atoms with van der Waals surface area (Å²) < 4.78 is 0. The van der Waals surface area contributed by atoms with Crippen LogP contribution in [-0.2, 0) is 9.59 Å². The highest BCUT2D eigenvalue weighted by atomic mass is 16.4. The number of nitrogens with one attached hydrogen (secondary N) is 1. The largest absolute Gasteiger partial charge is 0.481 e. The van der Waals surface area contributed by atoms with Gasteiger partial charge in [-0.15, -0.1) is 0 Å². The molecular formula is C16H16N2O3. The van der Waals surface area contributed by atoms with Gasteiger partial charge in [0.2, 0.25) is 5.91 Å². The average molecular weight is 284 g/mol. The molecule has 0 spiro atoms. The Hall–Kier alpha value is -2.82. The van der Waals surface area contributed by atoms with Crippen molar-refractivity contribution in [3.63, 3.8) is 0 Å². The van der Waals surface area contributed by atoms with Crippen molar-refractivity contribution in [2.75, 3.05) is 11.1 Å². The summed E-state index contributed by atoms with van der Waals surface area (Å²) in [4.78, 5) is 21.9. The molecule has 0 atom stereocenters. The van der Waals surface area contributed by atoms with Gasteiger partial charge in [-0.2, -0.15) is 0 Å². The van der Waals surface area contributed by atoms with Gasteiger partial charge in [-0.1, -0.05) is 24.3 Å². The van der Waals surface area contributed by atoms with Crippen molar-refractivity contribution in [1.29, 1.82) is 0 Å². The number of amides is 1. The number of carbonyl (C=O) groups is 2. The van der Waals surface area contributed by atoms with Crippen LogP contribution in [0.15, 0.2) is 48.5 Å². The summed E-state index contributed by atoms with van der Waals surface area (Å²) >= 11 is 0. The Kier molecular flexibility index (Phi) is 4.56. The molecule has 0 aromatic heterocycles. The Morgan fingerprint density at radius 2 is 1.43 bits per heavy atom. The number of benzene rings is 2. The second-order valence-electron chi connectivity index (χ2n) is 4.64. The van der Waals surface area contributed by atoms with E-state index in [-0.39, 0.29) is 18.7 Å². The Balaban J connectivity index is 2.00. The summed E-state index contributed by atoms with van der Waals surface area (Å²) in [6, 6.07) is 14.9. The number of anilines is 2. The molecule has 0 aliphatic carbocycles. The van der Waals surface area contributed by atoms with E-state index in [0.29, 0.717) is 11.4 Å². The van der Waals surface area contributed by atoms with E-state index in [0.717, 1.165) is 11.1 Å². The summed E-state index contributed by atoms with van der Waals surface area (Å²) in [7, 11) is 0. The summed E-state index contributed by atoms with van der Waals surface area (Å²) in [6.07, 6.45) is -0.204. The van der Waals surface area contributed by atoms with Crippen molar-refractivity contribution in [3.05, 3.63) is 48.5 Å². The molecule has 0 radical (unpaired) electrons. The van der Waals surface area contributed by atoms with Crippen molar-refractivity contribution >= 4 is 23.3 Å². The molecule has 0 unspecified atom stereocenters. The number of aliphatic carboxylic acids is 1. The van der Waals surface area contributed by atoms with Crippen LogP contribution in [0, 0.1) is 0 Å². The van der Waals surface area contributed by atoms with Crippen molar-refractivity contribution < 1.29 is 14.7 Å². The SMILES string of the molecule is Nc1ccc(-c2ccc(NC(=O)CCC(=O)O)cc2)cc1. The molecule has 2 aromatic carbocycles. The fourth-order valence-corrected chi connectivity index (χ4v) is 1.87. The molecule has 2 aromatic rings. The first-order valence-corrected chi connectivity index (χ1v) is 6.52. The molecule has 5 heteroatoms. The van der Waals surface area contributed by atoms with Crippen molar-refractivity contribution in [3.8, 4) is 11.1 Å². The third-order valence-electron chi connectivity index (χ3n) is 2.98. The van der Waals surface area contributed by atoms with Crippen LogP contribution in [0.1, 0.15) is 12.8 Å². The first-order chi connectivity index (χ1) is 10.0. The molecule has 108 valence electrons. The lowest BCUT2D eigenvalue weighted by molar-refractivity contribution is -0.138. The number of nitrogens with two attached hydrogens (primary N) is 1. The van der Waals surface area contributed by atoms with Crippen LogP contribution in [0.5, 0.6) is 0 Å². The van der Waals surface area contributed by atoms with E-state index in [1.54, 1.807) is 12.1 Å². The van der Waals surface area contributed by atoms with Gasteiger partial charge in [0.15, 0.2) is 0 Å². The molecular weight excluding hydrogens is 268 g/mol. The summed E-state index contributed by atoms with van der Waals surface area (Å²) in [5, 5.41) is 11.2. The molecule has 0 aliphatic rings. The van der Waals surface area contributed by atoms with Gasteiger partial charge in [0.05, 0.1) is 6.42 Å². The second-order valence-corrected chi connectivity index (χ2v) is 4.64. The van der Waals surface area contributed by atoms with Crippen LogP contribution in [0.4, 0.5) is 11.4 Å². The molecule has 0 aliphatic heterocycles.